The van der Waals surface area contributed by atoms with Crippen molar-refractivity contribution in [3.05, 3.63) is 18.2 Å². The van der Waals surface area contributed by atoms with E-state index in [1.54, 1.807) is 14.2 Å². The highest BCUT2D eigenvalue weighted by atomic mass is 16.5. The Kier molecular flexibility index (Phi) is 3.75. The van der Waals surface area contributed by atoms with Crippen molar-refractivity contribution in [2.24, 2.45) is 0 Å². The van der Waals surface area contributed by atoms with E-state index in [1.165, 1.54) is 0 Å². The fraction of sp³-hybridized carbons (Fsp3) is 0.500. The molecule has 0 aliphatic carbocycles. The van der Waals surface area contributed by atoms with Crippen LogP contribution in [-0.4, -0.2) is 32.6 Å². The minimum absolute atomic E-state index is 0.216. The van der Waals surface area contributed by atoms with Gasteiger partial charge in [-0.05, 0) is 19.1 Å². The summed E-state index contributed by atoms with van der Waals surface area (Å²) in [6.45, 7) is 2.82. The lowest BCUT2D eigenvalue weighted by Crippen LogP contribution is -2.41. The van der Waals surface area contributed by atoms with Crippen LogP contribution >= 0.6 is 0 Å². The van der Waals surface area contributed by atoms with Gasteiger partial charge in [0.2, 0.25) is 0 Å². The smallest absolute Gasteiger partial charge is 0.145 e. The zero-order valence-corrected chi connectivity index (χ0v) is 11.1. The van der Waals surface area contributed by atoms with Crippen molar-refractivity contribution in [1.82, 2.24) is 0 Å². The average Bonchev–Trinajstić information content (AvgIpc) is 2.38. The number of hydrogen-bond donors (Lipinski definition) is 0. The van der Waals surface area contributed by atoms with Crippen molar-refractivity contribution in [2.45, 2.75) is 25.8 Å². The van der Waals surface area contributed by atoms with Crippen LogP contribution in [-0.2, 0) is 4.79 Å². The van der Waals surface area contributed by atoms with Crippen LogP contribution in [0.1, 0.15) is 19.8 Å². The van der Waals surface area contributed by atoms with Gasteiger partial charge in [0.1, 0.15) is 17.3 Å². The molecule has 0 bridgehead atoms. The molecule has 98 valence electrons. The summed E-state index contributed by atoms with van der Waals surface area (Å²) in [5, 5.41) is 0. The number of carbonyl (C=O) groups excluding carboxylic acids is 1. The lowest BCUT2D eigenvalue weighted by Gasteiger charge is -2.35. The third kappa shape index (κ3) is 2.42. The molecule has 4 nitrogen and oxygen atoms in total. The van der Waals surface area contributed by atoms with Gasteiger partial charge in [0.05, 0.1) is 19.9 Å². The molecule has 1 atom stereocenters. The Bertz CT molecular complexity index is 445. The molecule has 1 heterocycles. The van der Waals surface area contributed by atoms with Crippen LogP contribution in [0.3, 0.4) is 0 Å². The molecule has 0 spiro atoms. The van der Waals surface area contributed by atoms with Gasteiger partial charge in [0, 0.05) is 31.5 Å². The van der Waals surface area contributed by atoms with Crippen molar-refractivity contribution in [3.63, 3.8) is 0 Å². The van der Waals surface area contributed by atoms with Gasteiger partial charge in [-0.3, -0.25) is 4.79 Å². The zero-order valence-electron chi connectivity index (χ0n) is 11.1. The van der Waals surface area contributed by atoms with E-state index in [-0.39, 0.29) is 6.04 Å². The number of ether oxygens (including phenoxy) is 2. The van der Waals surface area contributed by atoms with Gasteiger partial charge in [-0.25, -0.2) is 0 Å². The van der Waals surface area contributed by atoms with Crippen LogP contribution in [0.25, 0.3) is 0 Å². The molecule has 1 aliphatic rings. The van der Waals surface area contributed by atoms with Crippen LogP contribution in [0, 0.1) is 0 Å². The van der Waals surface area contributed by atoms with Crippen molar-refractivity contribution in [1.29, 1.82) is 0 Å². The molecule has 0 saturated carbocycles. The summed E-state index contributed by atoms with van der Waals surface area (Å²) in [7, 11) is 3.29. The Morgan fingerprint density at radius 3 is 2.67 bits per heavy atom. The van der Waals surface area contributed by atoms with Crippen molar-refractivity contribution >= 4 is 11.5 Å². The molecule has 0 amide bonds. The highest BCUT2D eigenvalue weighted by molar-refractivity contribution is 5.82. The molecule has 18 heavy (non-hydrogen) atoms. The van der Waals surface area contributed by atoms with Gasteiger partial charge < -0.3 is 14.4 Å². The monoisotopic (exact) mass is 249 g/mol. The summed E-state index contributed by atoms with van der Waals surface area (Å²) in [6, 6.07) is 6.00. The molecule has 0 N–H and O–H groups in total. The maximum absolute atomic E-state index is 11.4. The highest BCUT2D eigenvalue weighted by Gasteiger charge is 2.25. The number of hydrogen-bond acceptors (Lipinski definition) is 4. The number of anilines is 1. The van der Waals surface area contributed by atoms with Gasteiger partial charge in [0.25, 0.3) is 0 Å². The van der Waals surface area contributed by atoms with E-state index in [2.05, 4.69) is 11.8 Å². The van der Waals surface area contributed by atoms with Gasteiger partial charge in [-0.15, -0.1) is 0 Å². The van der Waals surface area contributed by atoms with Gasteiger partial charge in [-0.1, -0.05) is 0 Å². The molecule has 1 aromatic carbocycles. The molecule has 2 rings (SSSR count). The summed E-state index contributed by atoms with van der Waals surface area (Å²) < 4.78 is 10.6. The predicted octanol–water partition coefficient (Wildman–Crippen LogP) is 2.26. The van der Waals surface area contributed by atoms with E-state index in [9.17, 15) is 4.79 Å². The van der Waals surface area contributed by atoms with Crippen molar-refractivity contribution < 1.29 is 14.3 Å². The third-order valence-corrected chi connectivity index (χ3v) is 3.38. The van der Waals surface area contributed by atoms with Crippen LogP contribution in [0.15, 0.2) is 18.2 Å². The quantitative estimate of drug-likeness (QED) is 0.823. The fourth-order valence-corrected chi connectivity index (χ4v) is 2.39. The molecular formula is C14H19NO3. The Balaban J connectivity index is 2.29. The SMILES string of the molecule is COc1ccc(N2CCC(=O)CC2C)c(OC)c1. The number of carbonyl (C=O) groups is 1. The third-order valence-electron chi connectivity index (χ3n) is 3.38. The number of Topliss-reactive ketones (excluding diaryl/α,β-unsaturated/α-hetero) is 1. The van der Waals surface area contributed by atoms with Crippen LogP contribution in [0.2, 0.25) is 0 Å². The average molecular weight is 249 g/mol. The Hall–Kier alpha value is -1.71. The maximum atomic E-state index is 11.4. The molecule has 1 saturated heterocycles. The first-order chi connectivity index (χ1) is 8.65. The largest absolute Gasteiger partial charge is 0.497 e. The molecule has 1 aliphatic heterocycles. The minimum Gasteiger partial charge on any atom is -0.497 e. The van der Waals surface area contributed by atoms with Crippen molar-refractivity contribution in [2.75, 3.05) is 25.7 Å². The summed E-state index contributed by atoms with van der Waals surface area (Å²) in [6.07, 6.45) is 1.22. The molecule has 4 heteroatoms. The maximum Gasteiger partial charge on any atom is 0.145 e. The predicted molar refractivity (Wildman–Crippen MR) is 70.6 cm³/mol. The van der Waals surface area contributed by atoms with Gasteiger partial charge >= 0.3 is 0 Å². The van der Waals surface area contributed by atoms with Gasteiger partial charge in [0.15, 0.2) is 0 Å². The van der Waals surface area contributed by atoms with Crippen molar-refractivity contribution in [3.8, 4) is 11.5 Å². The Morgan fingerprint density at radius 2 is 2.06 bits per heavy atom. The fourth-order valence-electron chi connectivity index (χ4n) is 2.39. The first-order valence-electron chi connectivity index (χ1n) is 6.16. The lowest BCUT2D eigenvalue weighted by atomic mass is 10.0. The molecule has 1 unspecified atom stereocenters. The first kappa shape index (κ1) is 12.7. The van der Waals surface area contributed by atoms with E-state index < -0.39 is 0 Å². The molecule has 1 fully saturated rings. The normalized spacial score (nSPS) is 19.8. The number of piperidine rings is 1. The van der Waals surface area contributed by atoms with Crippen LogP contribution < -0.4 is 14.4 Å². The van der Waals surface area contributed by atoms with Crippen LogP contribution in [0.4, 0.5) is 5.69 Å². The summed E-state index contributed by atoms with van der Waals surface area (Å²) >= 11 is 0. The van der Waals surface area contributed by atoms with E-state index >= 15 is 0 Å². The molecule has 0 radical (unpaired) electrons. The second-order valence-corrected chi connectivity index (χ2v) is 4.57. The zero-order chi connectivity index (χ0) is 13.1. The number of benzene rings is 1. The van der Waals surface area contributed by atoms with E-state index in [0.29, 0.717) is 18.6 Å². The second kappa shape index (κ2) is 5.29. The highest BCUT2D eigenvalue weighted by Crippen LogP contribution is 2.35. The first-order valence-corrected chi connectivity index (χ1v) is 6.16. The lowest BCUT2D eigenvalue weighted by molar-refractivity contribution is -0.120. The molecular weight excluding hydrogens is 230 g/mol. The number of methoxy groups -OCH3 is 2. The second-order valence-electron chi connectivity index (χ2n) is 4.57. The Labute approximate surface area is 107 Å². The molecule has 0 aromatic heterocycles. The van der Waals surface area contributed by atoms with Gasteiger partial charge in [-0.2, -0.15) is 0 Å². The van der Waals surface area contributed by atoms with E-state index in [1.807, 2.05) is 18.2 Å². The summed E-state index contributed by atoms with van der Waals surface area (Å²) in [5.41, 5.74) is 1.03. The number of ketones is 1. The number of nitrogens with zero attached hydrogens (tertiary/aromatic N) is 1. The Morgan fingerprint density at radius 1 is 1.28 bits per heavy atom. The minimum atomic E-state index is 0.216. The number of rotatable bonds is 3. The van der Waals surface area contributed by atoms with E-state index in [0.717, 1.165) is 23.7 Å². The summed E-state index contributed by atoms with van der Waals surface area (Å²) in [4.78, 5) is 13.6. The van der Waals surface area contributed by atoms with E-state index in [4.69, 9.17) is 9.47 Å². The standard InChI is InChI=1S/C14H19NO3/c1-10-8-11(16)6-7-15(10)13-5-4-12(17-2)9-14(13)18-3/h4-5,9-10H,6-8H2,1-3H3. The molecule has 1 aromatic rings. The summed E-state index contributed by atoms with van der Waals surface area (Å²) in [5.74, 6) is 1.90. The topological polar surface area (TPSA) is 38.8 Å². The van der Waals surface area contributed by atoms with Crippen LogP contribution in [0.5, 0.6) is 11.5 Å².